The van der Waals surface area contributed by atoms with Gasteiger partial charge in [0.25, 0.3) is 5.91 Å². The Labute approximate surface area is 259 Å². The average Bonchev–Trinajstić information content (AvgIpc) is 3.39. The van der Waals surface area contributed by atoms with Crippen molar-refractivity contribution in [1.82, 2.24) is 10.2 Å². The SMILES string of the molecule is CCS(=O)(=O)c1ccc(-c2ccc(OC)c(CN(C(=O)c3sc4c(F)ccc(F)c4c3Cl)[C@H]3CC[C@H](NC)CC3)c2)cc1. The van der Waals surface area contributed by atoms with Gasteiger partial charge in [0.05, 0.1) is 32.9 Å². The molecule has 0 aliphatic heterocycles. The topological polar surface area (TPSA) is 75.7 Å². The van der Waals surface area contributed by atoms with Crippen molar-refractivity contribution >= 4 is 48.8 Å². The molecule has 0 bridgehead atoms. The Hall–Kier alpha value is -3.05. The molecule has 3 aromatic carbocycles. The fourth-order valence-corrected chi connectivity index (χ4v) is 8.08. The van der Waals surface area contributed by atoms with Crippen molar-refractivity contribution in [2.75, 3.05) is 19.9 Å². The van der Waals surface area contributed by atoms with Gasteiger partial charge in [0, 0.05) is 24.2 Å². The molecule has 1 heterocycles. The maximum Gasteiger partial charge on any atom is 0.266 e. The zero-order chi connectivity index (χ0) is 30.9. The summed E-state index contributed by atoms with van der Waals surface area (Å²) in [7, 11) is 0.152. The number of hydrogen-bond donors (Lipinski definition) is 1. The van der Waals surface area contributed by atoms with Gasteiger partial charge < -0.3 is 15.0 Å². The van der Waals surface area contributed by atoms with Crippen LogP contribution < -0.4 is 10.1 Å². The lowest BCUT2D eigenvalue weighted by atomic mass is 9.89. The molecular weight excluding hydrogens is 614 g/mol. The van der Waals surface area contributed by atoms with E-state index in [0.717, 1.165) is 65.8 Å². The van der Waals surface area contributed by atoms with Gasteiger partial charge in [-0.2, -0.15) is 0 Å². The molecule has 4 aromatic rings. The van der Waals surface area contributed by atoms with E-state index in [1.807, 2.05) is 25.2 Å². The number of amides is 1. The number of sulfone groups is 1. The number of hydrogen-bond acceptors (Lipinski definition) is 6. The fraction of sp³-hybridized carbons (Fsp3) is 0.344. The second-order valence-electron chi connectivity index (χ2n) is 10.7. The Morgan fingerprint density at radius 3 is 2.28 bits per heavy atom. The fourth-order valence-electron chi connectivity index (χ4n) is 5.70. The number of halogens is 3. The number of fused-ring (bicyclic) bond motifs is 1. The quantitative estimate of drug-likeness (QED) is 0.204. The van der Waals surface area contributed by atoms with Crippen molar-refractivity contribution in [2.24, 2.45) is 0 Å². The normalized spacial score (nSPS) is 17.3. The molecule has 0 radical (unpaired) electrons. The summed E-state index contributed by atoms with van der Waals surface area (Å²) in [4.78, 5) is 16.3. The van der Waals surface area contributed by atoms with Gasteiger partial charge in [-0.1, -0.05) is 36.7 Å². The van der Waals surface area contributed by atoms with E-state index < -0.39 is 21.5 Å². The van der Waals surface area contributed by atoms with Gasteiger partial charge in [-0.05, 0) is 80.3 Å². The molecule has 6 nitrogen and oxygen atoms in total. The number of methoxy groups -OCH3 is 1. The number of ether oxygens (including phenoxy) is 1. The van der Waals surface area contributed by atoms with Crippen molar-refractivity contribution in [2.45, 2.75) is 56.1 Å². The summed E-state index contributed by atoms with van der Waals surface area (Å²) in [6.07, 6.45) is 3.24. The van der Waals surface area contributed by atoms with Gasteiger partial charge in [-0.3, -0.25) is 4.79 Å². The summed E-state index contributed by atoms with van der Waals surface area (Å²) in [6.45, 7) is 1.79. The Kier molecular flexibility index (Phi) is 9.41. The summed E-state index contributed by atoms with van der Waals surface area (Å²) >= 11 is 7.42. The molecular formula is C32H33ClF2N2O4S2. The average molecular weight is 647 g/mol. The summed E-state index contributed by atoms with van der Waals surface area (Å²) in [5, 5.41) is 3.14. The molecule has 228 valence electrons. The van der Waals surface area contributed by atoms with Crippen molar-refractivity contribution in [3.05, 3.63) is 81.7 Å². The summed E-state index contributed by atoms with van der Waals surface area (Å²) in [6, 6.07) is 14.6. The molecule has 0 unspecified atom stereocenters. The minimum Gasteiger partial charge on any atom is -0.496 e. The molecule has 11 heteroatoms. The van der Waals surface area contributed by atoms with Crippen LogP contribution in [0.3, 0.4) is 0 Å². The van der Waals surface area contributed by atoms with Gasteiger partial charge in [-0.15, -0.1) is 11.3 Å². The Morgan fingerprint density at radius 1 is 1.02 bits per heavy atom. The van der Waals surface area contributed by atoms with Gasteiger partial charge in [0.1, 0.15) is 22.3 Å². The number of thiophene rings is 1. The van der Waals surface area contributed by atoms with E-state index in [1.54, 1.807) is 43.2 Å². The molecule has 0 atom stereocenters. The van der Waals surface area contributed by atoms with E-state index in [1.165, 1.54) is 0 Å². The monoisotopic (exact) mass is 646 g/mol. The number of carbonyl (C=O) groups excluding carboxylic acids is 1. The van der Waals surface area contributed by atoms with Crippen LogP contribution in [-0.2, 0) is 16.4 Å². The van der Waals surface area contributed by atoms with Crippen LogP contribution in [0.1, 0.15) is 47.8 Å². The molecule has 1 aliphatic rings. The van der Waals surface area contributed by atoms with Gasteiger partial charge in [-0.25, -0.2) is 17.2 Å². The van der Waals surface area contributed by atoms with E-state index in [-0.39, 0.29) is 49.1 Å². The minimum absolute atomic E-state index is 0.0142. The predicted octanol–water partition coefficient (Wildman–Crippen LogP) is 7.48. The third kappa shape index (κ3) is 6.29. The molecule has 1 N–H and O–H groups in total. The van der Waals surface area contributed by atoms with E-state index >= 15 is 0 Å². The molecule has 1 amide bonds. The van der Waals surface area contributed by atoms with Crippen LogP contribution in [-0.4, -0.2) is 51.2 Å². The number of nitrogens with zero attached hydrogens (tertiary/aromatic N) is 1. The number of nitrogens with one attached hydrogen (secondary N) is 1. The maximum atomic E-state index is 14.7. The smallest absolute Gasteiger partial charge is 0.266 e. The largest absolute Gasteiger partial charge is 0.496 e. The van der Waals surface area contributed by atoms with E-state index in [4.69, 9.17) is 16.3 Å². The first-order valence-electron chi connectivity index (χ1n) is 14.1. The number of rotatable bonds is 9. The zero-order valence-corrected chi connectivity index (χ0v) is 26.5. The maximum absolute atomic E-state index is 14.7. The summed E-state index contributed by atoms with van der Waals surface area (Å²) in [5.74, 6) is -1.10. The van der Waals surface area contributed by atoms with Gasteiger partial charge >= 0.3 is 0 Å². The van der Waals surface area contributed by atoms with Crippen molar-refractivity contribution < 1.29 is 26.7 Å². The second kappa shape index (κ2) is 12.9. The molecule has 0 spiro atoms. The molecule has 1 fully saturated rings. The van der Waals surface area contributed by atoms with Crippen LogP contribution in [0.4, 0.5) is 8.78 Å². The molecule has 43 heavy (non-hydrogen) atoms. The van der Waals surface area contributed by atoms with Crippen molar-refractivity contribution in [1.29, 1.82) is 0 Å². The lowest BCUT2D eigenvalue weighted by Crippen LogP contribution is -2.44. The van der Waals surface area contributed by atoms with Gasteiger partial charge in [0.15, 0.2) is 9.84 Å². The highest BCUT2D eigenvalue weighted by molar-refractivity contribution is 7.91. The molecule has 1 aromatic heterocycles. The number of benzene rings is 3. The highest BCUT2D eigenvalue weighted by Crippen LogP contribution is 2.40. The molecule has 5 rings (SSSR count). The molecule has 0 saturated heterocycles. The van der Waals surface area contributed by atoms with Crippen LogP contribution in [0.25, 0.3) is 21.2 Å². The third-order valence-electron chi connectivity index (χ3n) is 8.23. The Balaban J connectivity index is 1.54. The van der Waals surface area contributed by atoms with Crippen LogP contribution in [0.2, 0.25) is 5.02 Å². The number of carbonyl (C=O) groups is 1. The lowest BCUT2D eigenvalue weighted by molar-refractivity contribution is 0.0604. The van der Waals surface area contributed by atoms with E-state index in [2.05, 4.69) is 5.32 Å². The third-order valence-corrected chi connectivity index (χ3v) is 11.7. The highest BCUT2D eigenvalue weighted by atomic mass is 35.5. The first-order chi connectivity index (χ1) is 20.6. The van der Waals surface area contributed by atoms with Crippen molar-refractivity contribution in [3.8, 4) is 16.9 Å². The van der Waals surface area contributed by atoms with Crippen LogP contribution >= 0.6 is 22.9 Å². The van der Waals surface area contributed by atoms with Crippen molar-refractivity contribution in [3.63, 3.8) is 0 Å². The lowest BCUT2D eigenvalue weighted by Gasteiger charge is -2.37. The minimum atomic E-state index is -3.33. The summed E-state index contributed by atoms with van der Waals surface area (Å²) in [5.41, 5.74) is 2.38. The zero-order valence-electron chi connectivity index (χ0n) is 24.1. The van der Waals surface area contributed by atoms with Crippen LogP contribution in [0.5, 0.6) is 5.75 Å². The standard InChI is InChI=1S/C32H33ClF2N2O4S2/c1-4-43(39,40)24-12-5-19(6-13-24)20-7-16-27(41-3)21(17-20)18-37(23-10-8-22(36-2)9-11-23)32(38)31-29(33)28-25(34)14-15-26(35)30(28)42-31/h5-7,12-17,22-23,36H,4,8-11,18H2,1-3H3/t22-,23-. The summed E-state index contributed by atoms with van der Waals surface area (Å²) < 4.78 is 59.6. The Morgan fingerprint density at radius 2 is 1.67 bits per heavy atom. The first kappa shape index (κ1) is 31.4. The van der Waals surface area contributed by atoms with E-state index in [9.17, 15) is 22.0 Å². The van der Waals surface area contributed by atoms with Gasteiger partial charge in [0.2, 0.25) is 0 Å². The highest BCUT2D eigenvalue weighted by Gasteiger charge is 2.33. The second-order valence-corrected chi connectivity index (χ2v) is 14.3. The molecule has 1 aliphatic carbocycles. The van der Waals surface area contributed by atoms with Crippen LogP contribution in [0, 0.1) is 11.6 Å². The van der Waals surface area contributed by atoms with Crippen LogP contribution in [0.15, 0.2) is 59.5 Å². The van der Waals surface area contributed by atoms with E-state index in [0.29, 0.717) is 11.8 Å². The first-order valence-corrected chi connectivity index (χ1v) is 17.0. The molecule has 1 saturated carbocycles. The Bertz CT molecular complexity index is 1750. The predicted molar refractivity (Wildman–Crippen MR) is 168 cm³/mol.